The van der Waals surface area contributed by atoms with Gasteiger partial charge in [-0.15, -0.1) is 0 Å². The zero-order valence-corrected chi connectivity index (χ0v) is 12.2. The van der Waals surface area contributed by atoms with Gasteiger partial charge >= 0.3 is 0 Å². The van der Waals surface area contributed by atoms with E-state index in [1.165, 1.54) is 12.8 Å². The molecule has 0 aromatic rings. The number of nitrogens with zero attached hydrogens (tertiary/aromatic N) is 2. The summed E-state index contributed by atoms with van der Waals surface area (Å²) < 4.78 is 0. The third kappa shape index (κ3) is 4.84. The Bertz CT molecular complexity index is 255. The summed E-state index contributed by atoms with van der Waals surface area (Å²) in [5.41, 5.74) is 0. The molecule has 0 heterocycles. The Morgan fingerprint density at radius 3 is 2.72 bits per heavy atom. The van der Waals surface area contributed by atoms with E-state index < -0.39 is 0 Å². The number of nitrogens with one attached hydrogen (secondary N) is 1. The number of hydrogen-bond acceptors (Lipinski definition) is 2. The van der Waals surface area contributed by atoms with E-state index in [0.29, 0.717) is 5.92 Å². The standard InChI is InChI=1S/C14H29N3O/c1-4-6-10-17(3)14(15-5-2)16-11-12-8-7-9-13(12)18/h12-13,18H,4-11H2,1-3H3,(H,15,16). The summed E-state index contributed by atoms with van der Waals surface area (Å²) in [7, 11) is 2.09. The van der Waals surface area contributed by atoms with Gasteiger partial charge in [-0.1, -0.05) is 19.8 Å². The average Bonchev–Trinajstić information content (AvgIpc) is 2.77. The highest BCUT2D eigenvalue weighted by molar-refractivity contribution is 5.79. The molecule has 0 aromatic carbocycles. The van der Waals surface area contributed by atoms with E-state index in [0.717, 1.165) is 44.9 Å². The van der Waals surface area contributed by atoms with Gasteiger partial charge in [0.25, 0.3) is 0 Å². The largest absolute Gasteiger partial charge is 0.393 e. The number of aliphatic hydroxyl groups is 1. The second kappa shape index (κ2) is 8.35. The summed E-state index contributed by atoms with van der Waals surface area (Å²) in [5, 5.41) is 13.1. The van der Waals surface area contributed by atoms with Crippen LogP contribution in [0.3, 0.4) is 0 Å². The first-order chi connectivity index (χ1) is 8.69. The van der Waals surface area contributed by atoms with E-state index in [1.54, 1.807) is 0 Å². The summed E-state index contributed by atoms with van der Waals surface area (Å²) in [6.07, 6.45) is 5.45. The quantitative estimate of drug-likeness (QED) is 0.562. The number of aliphatic imine (C=N–C) groups is 1. The van der Waals surface area contributed by atoms with Crippen LogP contribution in [0.2, 0.25) is 0 Å². The normalized spacial score (nSPS) is 24.3. The molecule has 1 rings (SSSR count). The maximum Gasteiger partial charge on any atom is 0.193 e. The lowest BCUT2D eigenvalue weighted by atomic mass is 10.1. The van der Waals surface area contributed by atoms with Crippen molar-refractivity contribution >= 4 is 5.96 Å². The van der Waals surface area contributed by atoms with Gasteiger partial charge in [0, 0.05) is 32.6 Å². The third-order valence-corrected chi connectivity index (χ3v) is 3.64. The van der Waals surface area contributed by atoms with Gasteiger partial charge in [0.2, 0.25) is 0 Å². The van der Waals surface area contributed by atoms with Gasteiger partial charge in [-0.25, -0.2) is 0 Å². The molecule has 2 atom stereocenters. The maximum atomic E-state index is 9.81. The second-order valence-electron chi connectivity index (χ2n) is 5.23. The molecular weight excluding hydrogens is 226 g/mol. The van der Waals surface area contributed by atoms with Crippen molar-refractivity contribution in [3.05, 3.63) is 0 Å². The highest BCUT2D eigenvalue weighted by atomic mass is 16.3. The molecule has 4 heteroatoms. The molecule has 0 bridgehead atoms. The fourth-order valence-corrected chi connectivity index (χ4v) is 2.40. The molecule has 106 valence electrons. The molecule has 1 aliphatic carbocycles. The molecule has 0 radical (unpaired) electrons. The van der Waals surface area contributed by atoms with Crippen LogP contribution >= 0.6 is 0 Å². The van der Waals surface area contributed by atoms with Crippen LogP contribution in [0.4, 0.5) is 0 Å². The predicted octanol–water partition coefficient (Wildman–Crippen LogP) is 1.84. The Labute approximate surface area is 111 Å². The Morgan fingerprint density at radius 1 is 1.39 bits per heavy atom. The molecule has 0 spiro atoms. The lowest BCUT2D eigenvalue weighted by Gasteiger charge is -2.22. The lowest BCUT2D eigenvalue weighted by Crippen LogP contribution is -2.40. The van der Waals surface area contributed by atoms with Crippen LogP contribution in [0.15, 0.2) is 4.99 Å². The summed E-state index contributed by atoms with van der Waals surface area (Å²) in [4.78, 5) is 6.86. The van der Waals surface area contributed by atoms with Crippen molar-refractivity contribution < 1.29 is 5.11 Å². The number of guanidine groups is 1. The summed E-state index contributed by atoms with van der Waals surface area (Å²) >= 11 is 0. The van der Waals surface area contributed by atoms with Gasteiger partial charge in [-0.2, -0.15) is 0 Å². The van der Waals surface area contributed by atoms with E-state index in [-0.39, 0.29) is 6.10 Å². The van der Waals surface area contributed by atoms with E-state index >= 15 is 0 Å². The van der Waals surface area contributed by atoms with Crippen LogP contribution in [0, 0.1) is 5.92 Å². The monoisotopic (exact) mass is 255 g/mol. The van der Waals surface area contributed by atoms with Crippen molar-refractivity contribution in [2.45, 2.75) is 52.1 Å². The molecule has 0 aromatic heterocycles. The van der Waals surface area contributed by atoms with E-state index in [9.17, 15) is 5.11 Å². The molecule has 18 heavy (non-hydrogen) atoms. The summed E-state index contributed by atoms with van der Waals surface area (Å²) in [6, 6.07) is 0. The zero-order chi connectivity index (χ0) is 13.4. The first-order valence-electron chi connectivity index (χ1n) is 7.36. The Hall–Kier alpha value is -0.770. The zero-order valence-electron chi connectivity index (χ0n) is 12.2. The Kier molecular flexibility index (Phi) is 7.09. The van der Waals surface area contributed by atoms with E-state index in [1.807, 2.05) is 0 Å². The van der Waals surface area contributed by atoms with Crippen molar-refractivity contribution in [1.82, 2.24) is 10.2 Å². The topological polar surface area (TPSA) is 47.9 Å². The predicted molar refractivity (Wildman–Crippen MR) is 76.9 cm³/mol. The van der Waals surface area contributed by atoms with Crippen LogP contribution in [-0.2, 0) is 0 Å². The molecule has 0 amide bonds. The molecule has 1 aliphatic rings. The number of unbranched alkanes of at least 4 members (excludes halogenated alkanes) is 1. The Morgan fingerprint density at radius 2 is 2.17 bits per heavy atom. The fourth-order valence-electron chi connectivity index (χ4n) is 2.40. The van der Waals surface area contributed by atoms with Gasteiger partial charge < -0.3 is 15.3 Å². The van der Waals surface area contributed by atoms with Crippen molar-refractivity contribution in [3.63, 3.8) is 0 Å². The van der Waals surface area contributed by atoms with Crippen molar-refractivity contribution in [3.8, 4) is 0 Å². The highest BCUT2D eigenvalue weighted by Crippen LogP contribution is 2.25. The van der Waals surface area contributed by atoms with Crippen molar-refractivity contribution in [1.29, 1.82) is 0 Å². The van der Waals surface area contributed by atoms with Gasteiger partial charge in [-0.3, -0.25) is 4.99 Å². The minimum atomic E-state index is -0.141. The molecule has 0 aliphatic heterocycles. The van der Waals surface area contributed by atoms with Crippen molar-refractivity contribution in [2.24, 2.45) is 10.9 Å². The van der Waals surface area contributed by atoms with E-state index in [4.69, 9.17) is 0 Å². The number of aliphatic hydroxyl groups excluding tert-OH is 1. The fraction of sp³-hybridized carbons (Fsp3) is 0.929. The molecular formula is C14H29N3O. The molecule has 1 saturated carbocycles. The second-order valence-corrected chi connectivity index (χ2v) is 5.23. The summed E-state index contributed by atoms with van der Waals surface area (Å²) in [6.45, 7) is 6.97. The smallest absolute Gasteiger partial charge is 0.193 e. The van der Waals surface area contributed by atoms with Crippen LogP contribution < -0.4 is 5.32 Å². The van der Waals surface area contributed by atoms with Crippen LogP contribution in [0.1, 0.15) is 46.0 Å². The molecule has 2 N–H and O–H groups in total. The third-order valence-electron chi connectivity index (χ3n) is 3.64. The molecule has 0 saturated heterocycles. The average molecular weight is 255 g/mol. The van der Waals surface area contributed by atoms with Gasteiger partial charge in [0.15, 0.2) is 5.96 Å². The van der Waals surface area contributed by atoms with Crippen LogP contribution in [-0.4, -0.2) is 48.8 Å². The van der Waals surface area contributed by atoms with Crippen LogP contribution in [0.25, 0.3) is 0 Å². The summed E-state index contributed by atoms with van der Waals surface area (Å²) in [5.74, 6) is 1.34. The first kappa shape index (κ1) is 15.3. The maximum absolute atomic E-state index is 9.81. The van der Waals surface area contributed by atoms with Crippen molar-refractivity contribution in [2.75, 3.05) is 26.7 Å². The Balaban J connectivity index is 2.48. The van der Waals surface area contributed by atoms with E-state index in [2.05, 4.69) is 36.1 Å². The SMILES string of the molecule is CCCCN(C)C(=NCC1CCCC1O)NCC. The first-order valence-corrected chi connectivity index (χ1v) is 7.36. The van der Waals surface area contributed by atoms with Gasteiger partial charge in [0.05, 0.1) is 6.10 Å². The van der Waals surface area contributed by atoms with Gasteiger partial charge in [-0.05, 0) is 26.2 Å². The lowest BCUT2D eigenvalue weighted by molar-refractivity contribution is 0.136. The van der Waals surface area contributed by atoms with Crippen LogP contribution in [0.5, 0.6) is 0 Å². The van der Waals surface area contributed by atoms with Gasteiger partial charge in [0.1, 0.15) is 0 Å². The molecule has 1 fully saturated rings. The minimum Gasteiger partial charge on any atom is -0.393 e. The minimum absolute atomic E-state index is 0.141. The number of rotatable bonds is 6. The number of hydrogen-bond donors (Lipinski definition) is 2. The highest BCUT2D eigenvalue weighted by Gasteiger charge is 2.24. The molecule has 4 nitrogen and oxygen atoms in total. The molecule has 2 unspecified atom stereocenters.